The molecule has 0 unspecified atom stereocenters. The van der Waals surface area contributed by atoms with E-state index in [1.807, 2.05) is 6.92 Å². The van der Waals surface area contributed by atoms with Crippen molar-refractivity contribution in [2.75, 3.05) is 0 Å². The van der Waals surface area contributed by atoms with E-state index in [4.69, 9.17) is 0 Å². The Hall–Kier alpha value is -0.380. The molecule has 0 aromatic rings. The Morgan fingerprint density at radius 2 is 1.94 bits per heavy atom. The van der Waals surface area contributed by atoms with Crippen molar-refractivity contribution in [3.63, 3.8) is 0 Å². The summed E-state index contributed by atoms with van der Waals surface area (Å²) in [5.74, 6) is -0.197. The van der Waals surface area contributed by atoms with Gasteiger partial charge in [0, 0.05) is 5.92 Å². The highest BCUT2D eigenvalue weighted by atomic mass is 16.3. The summed E-state index contributed by atoms with van der Waals surface area (Å²) >= 11 is 0. The van der Waals surface area contributed by atoms with Gasteiger partial charge in [-0.25, -0.2) is 0 Å². The Bertz CT molecular complexity index is 344. The van der Waals surface area contributed by atoms with Crippen LogP contribution >= 0.6 is 0 Å². The largest absolute Gasteiger partial charge is 0.390 e. The van der Waals surface area contributed by atoms with Gasteiger partial charge < -0.3 is 15.3 Å². The number of fused-ring (bicyclic) bond motifs is 1. The van der Waals surface area contributed by atoms with Crippen molar-refractivity contribution in [1.82, 2.24) is 0 Å². The highest BCUT2D eigenvalue weighted by Gasteiger charge is 2.56. The molecule has 3 N–H and O–H groups in total. The molecule has 18 heavy (non-hydrogen) atoms. The smallest absolute Gasteiger partial charge is 0.0806 e. The van der Waals surface area contributed by atoms with E-state index < -0.39 is 17.3 Å². The molecule has 0 spiro atoms. The minimum absolute atomic E-state index is 0.0780. The Labute approximate surface area is 110 Å². The van der Waals surface area contributed by atoms with Gasteiger partial charge in [-0.15, -0.1) is 0 Å². The Kier molecular flexibility index (Phi) is 3.37. The van der Waals surface area contributed by atoms with Gasteiger partial charge in [0.2, 0.25) is 0 Å². The van der Waals surface area contributed by atoms with Crippen LogP contribution in [0.2, 0.25) is 0 Å². The van der Waals surface area contributed by atoms with Crippen LogP contribution in [0.15, 0.2) is 12.2 Å². The van der Waals surface area contributed by atoms with Crippen molar-refractivity contribution >= 4 is 0 Å². The molecule has 0 amide bonds. The summed E-state index contributed by atoms with van der Waals surface area (Å²) in [6, 6.07) is 0. The Balaban J connectivity index is 2.40. The highest BCUT2D eigenvalue weighted by Crippen LogP contribution is 2.53. The Morgan fingerprint density at radius 3 is 2.50 bits per heavy atom. The van der Waals surface area contributed by atoms with Gasteiger partial charge in [-0.2, -0.15) is 0 Å². The van der Waals surface area contributed by atoms with Crippen molar-refractivity contribution in [2.24, 2.45) is 17.8 Å². The van der Waals surface area contributed by atoms with E-state index in [1.54, 1.807) is 13.8 Å². The fourth-order valence-electron chi connectivity index (χ4n) is 4.00. The van der Waals surface area contributed by atoms with E-state index in [2.05, 4.69) is 6.58 Å². The van der Waals surface area contributed by atoms with Gasteiger partial charge in [-0.3, -0.25) is 0 Å². The molecule has 0 radical (unpaired) electrons. The average molecular weight is 254 g/mol. The third-order valence-corrected chi connectivity index (χ3v) is 5.29. The summed E-state index contributed by atoms with van der Waals surface area (Å²) in [7, 11) is 0. The molecule has 2 aliphatic rings. The van der Waals surface area contributed by atoms with Crippen LogP contribution in [0.1, 0.15) is 46.5 Å². The SMILES string of the molecule is C=C1CC[C@]2(O)[C@H]([C@H](C(C)(C)O)CC[C@H]2C)[C@H]1O. The molecule has 2 saturated carbocycles. The van der Waals surface area contributed by atoms with E-state index in [1.165, 1.54) is 0 Å². The maximum Gasteiger partial charge on any atom is 0.0806 e. The van der Waals surface area contributed by atoms with Crippen LogP contribution in [0, 0.1) is 17.8 Å². The molecule has 3 nitrogen and oxygen atoms in total. The first-order valence-corrected chi connectivity index (χ1v) is 6.98. The maximum atomic E-state index is 11.0. The molecule has 0 bridgehead atoms. The second-order valence-corrected chi connectivity index (χ2v) is 6.86. The van der Waals surface area contributed by atoms with Crippen molar-refractivity contribution in [3.05, 3.63) is 12.2 Å². The van der Waals surface area contributed by atoms with E-state index in [9.17, 15) is 15.3 Å². The summed E-state index contributed by atoms with van der Waals surface area (Å²) < 4.78 is 0. The van der Waals surface area contributed by atoms with Gasteiger partial charge in [-0.1, -0.05) is 13.5 Å². The first-order valence-electron chi connectivity index (χ1n) is 6.98. The predicted octanol–water partition coefficient (Wildman–Crippen LogP) is 1.86. The molecule has 0 aromatic heterocycles. The van der Waals surface area contributed by atoms with Gasteiger partial charge in [0.25, 0.3) is 0 Å². The summed E-state index contributed by atoms with van der Waals surface area (Å²) in [4.78, 5) is 0. The molecular formula is C15H26O3. The second-order valence-electron chi connectivity index (χ2n) is 6.86. The van der Waals surface area contributed by atoms with Gasteiger partial charge in [0.15, 0.2) is 0 Å². The first kappa shape index (κ1) is 14.0. The quantitative estimate of drug-likeness (QED) is 0.626. The molecule has 2 fully saturated rings. The summed E-state index contributed by atoms with van der Waals surface area (Å²) in [5, 5.41) is 31.7. The second kappa shape index (κ2) is 4.32. The number of hydrogen-bond donors (Lipinski definition) is 3. The van der Waals surface area contributed by atoms with Gasteiger partial charge in [0.05, 0.1) is 17.3 Å². The van der Waals surface area contributed by atoms with Gasteiger partial charge in [-0.05, 0) is 56.9 Å². The summed E-state index contributed by atoms with van der Waals surface area (Å²) in [6.45, 7) is 9.52. The molecule has 104 valence electrons. The van der Waals surface area contributed by atoms with Crippen LogP contribution in [-0.4, -0.2) is 32.6 Å². The molecule has 3 heteroatoms. The number of rotatable bonds is 1. The van der Waals surface area contributed by atoms with Crippen LogP contribution in [0.25, 0.3) is 0 Å². The van der Waals surface area contributed by atoms with E-state index in [0.717, 1.165) is 18.4 Å². The zero-order valence-electron chi connectivity index (χ0n) is 11.7. The van der Waals surface area contributed by atoms with Crippen molar-refractivity contribution < 1.29 is 15.3 Å². The van der Waals surface area contributed by atoms with Crippen molar-refractivity contribution in [3.8, 4) is 0 Å². The lowest BCUT2D eigenvalue weighted by Gasteiger charge is -2.56. The predicted molar refractivity (Wildman–Crippen MR) is 71.0 cm³/mol. The third kappa shape index (κ3) is 2.02. The molecule has 0 aromatic carbocycles. The van der Waals surface area contributed by atoms with Crippen LogP contribution in [-0.2, 0) is 0 Å². The Morgan fingerprint density at radius 1 is 1.33 bits per heavy atom. The van der Waals surface area contributed by atoms with Crippen LogP contribution in [0.5, 0.6) is 0 Å². The number of aliphatic hydroxyl groups excluding tert-OH is 1. The van der Waals surface area contributed by atoms with E-state index >= 15 is 0 Å². The third-order valence-electron chi connectivity index (χ3n) is 5.29. The molecule has 5 atom stereocenters. The van der Waals surface area contributed by atoms with Crippen LogP contribution in [0.3, 0.4) is 0 Å². The lowest BCUT2D eigenvalue weighted by atomic mass is 9.54. The minimum Gasteiger partial charge on any atom is -0.390 e. The topological polar surface area (TPSA) is 60.7 Å². The highest BCUT2D eigenvalue weighted by molar-refractivity contribution is 5.18. The normalized spacial score (nSPS) is 45.8. The van der Waals surface area contributed by atoms with E-state index in [0.29, 0.717) is 12.8 Å². The minimum atomic E-state index is -0.878. The zero-order chi connectivity index (χ0) is 13.7. The lowest BCUT2D eigenvalue weighted by molar-refractivity contribution is -0.192. The van der Waals surface area contributed by atoms with Crippen molar-refractivity contribution in [2.45, 2.75) is 63.8 Å². The molecule has 2 aliphatic carbocycles. The zero-order valence-corrected chi connectivity index (χ0v) is 11.7. The van der Waals surface area contributed by atoms with Gasteiger partial charge >= 0.3 is 0 Å². The number of aliphatic hydroxyl groups is 3. The summed E-state index contributed by atoms with van der Waals surface area (Å²) in [5.41, 5.74) is -0.936. The average Bonchev–Trinajstić information content (AvgIpc) is 2.25. The van der Waals surface area contributed by atoms with Crippen LogP contribution < -0.4 is 0 Å². The summed E-state index contributed by atoms with van der Waals surface area (Å²) in [6.07, 6.45) is 2.39. The monoisotopic (exact) mass is 254 g/mol. The fraction of sp³-hybridized carbons (Fsp3) is 0.867. The van der Waals surface area contributed by atoms with Crippen LogP contribution in [0.4, 0.5) is 0 Å². The van der Waals surface area contributed by atoms with E-state index in [-0.39, 0.29) is 17.8 Å². The molecular weight excluding hydrogens is 228 g/mol. The van der Waals surface area contributed by atoms with Crippen molar-refractivity contribution in [1.29, 1.82) is 0 Å². The molecule has 2 rings (SSSR count). The lowest BCUT2D eigenvalue weighted by Crippen LogP contribution is -2.61. The van der Waals surface area contributed by atoms with Gasteiger partial charge in [0.1, 0.15) is 0 Å². The molecule has 0 heterocycles. The number of hydrogen-bond acceptors (Lipinski definition) is 3. The first-order chi connectivity index (χ1) is 8.18. The fourth-order valence-corrected chi connectivity index (χ4v) is 4.00. The maximum absolute atomic E-state index is 11.0. The molecule has 0 aliphatic heterocycles. The standard InChI is InChI=1S/C15H26O3/c1-9-7-8-15(18)10(2)5-6-11(14(3,4)17)12(15)13(9)16/h10-13,16-18H,1,5-8H2,2-4H3/t10-,11-,12-,13+,15-/m1/s1. The molecule has 0 saturated heterocycles.